The standard InChI is InChI=1S/C17H17ClN2O2/c1-17(2,3)22-16(21)19-10-4-5-12-6-8-14-13(11-12)7-9-15(18)20-14/h6-9,11H,10H2,1-3H3,(H,19,21). The number of hydrogen-bond donors (Lipinski definition) is 1. The van der Waals surface area contributed by atoms with Gasteiger partial charge in [0.15, 0.2) is 0 Å². The minimum absolute atomic E-state index is 0.228. The van der Waals surface area contributed by atoms with Crippen LogP contribution in [0.1, 0.15) is 26.3 Å². The van der Waals surface area contributed by atoms with Crippen LogP contribution in [0.2, 0.25) is 5.15 Å². The number of halogens is 1. The van der Waals surface area contributed by atoms with Gasteiger partial charge in [-0.2, -0.15) is 0 Å². The number of nitrogens with one attached hydrogen (secondary N) is 1. The summed E-state index contributed by atoms with van der Waals surface area (Å²) in [6.07, 6.45) is -0.473. The summed E-state index contributed by atoms with van der Waals surface area (Å²) < 4.78 is 5.12. The van der Waals surface area contributed by atoms with Gasteiger partial charge in [0.1, 0.15) is 10.8 Å². The number of benzene rings is 1. The monoisotopic (exact) mass is 316 g/mol. The van der Waals surface area contributed by atoms with E-state index in [2.05, 4.69) is 22.1 Å². The molecule has 0 spiro atoms. The number of alkyl carbamates (subject to hydrolysis) is 1. The molecular weight excluding hydrogens is 300 g/mol. The normalized spacial score (nSPS) is 10.7. The molecule has 2 aromatic rings. The van der Waals surface area contributed by atoms with Gasteiger partial charge in [-0.05, 0) is 51.1 Å². The number of ether oxygens (including phenoxy) is 1. The highest BCUT2D eigenvalue weighted by atomic mass is 35.5. The van der Waals surface area contributed by atoms with Crippen molar-refractivity contribution in [2.24, 2.45) is 0 Å². The summed E-state index contributed by atoms with van der Waals surface area (Å²) >= 11 is 5.85. The molecule has 114 valence electrons. The molecular formula is C17H17ClN2O2. The summed E-state index contributed by atoms with van der Waals surface area (Å²) in [4.78, 5) is 15.7. The molecule has 0 fully saturated rings. The molecule has 2 rings (SSSR count). The highest BCUT2D eigenvalue weighted by Gasteiger charge is 2.14. The van der Waals surface area contributed by atoms with Crippen molar-refractivity contribution in [1.29, 1.82) is 0 Å². The topological polar surface area (TPSA) is 51.2 Å². The Balaban J connectivity index is 1.97. The maximum absolute atomic E-state index is 11.5. The van der Waals surface area contributed by atoms with Crippen LogP contribution in [0.15, 0.2) is 30.3 Å². The number of aromatic nitrogens is 1. The summed E-state index contributed by atoms with van der Waals surface area (Å²) in [5.41, 5.74) is 1.16. The van der Waals surface area contributed by atoms with Crippen molar-refractivity contribution in [3.05, 3.63) is 41.0 Å². The molecule has 0 bridgehead atoms. The Morgan fingerprint density at radius 2 is 2.09 bits per heavy atom. The molecule has 0 saturated heterocycles. The van der Waals surface area contributed by atoms with Gasteiger partial charge in [0.25, 0.3) is 0 Å². The molecule has 4 nitrogen and oxygen atoms in total. The molecule has 1 aromatic heterocycles. The van der Waals surface area contributed by atoms with Crippen molar-refractivity contribution >= 4 is 28.6 Å². The fourth-order valence-corrected chi connectivity index (χ4v) is 1.91. The SMILES string of the molecule is CC(C)(C)OC(=O)NCC#Cc1ccc2nc(Cl)ccc2c1. The molecule has 22 heavy (non-hydrogen) atoms. The Hall–Kier alpha value is -2.25. The van der Waals surface area contributed by atoms with Gasteiger partial charge in [-0.1, -0.05) is 23.4 Å². The van der Waals surface area contributed by atoms with Crippen molar-refractivity contribution in [2.75, 3.05) is 6.54 Å². The van der Waals surface area contributed by atoms with Gasteiger partial charge in [-0.25, -0.2) is 9.78 Å². The van der Waals surface area contributed by atoms with Crippen molar-refractivity contribution in [1.82, 2.24) is 10.3 Å². The van der Waals surface area contributed by atoms with E-state index in [1.165, 1.54) is 0 Å². The summed E-state index contributed by atoms with van der Waals surface area (Å²) in [5.74, 6) is 5.87. The fourth-order valence-electron chi connectivity index (χ4n) is 1.76. The van der Waals surface area contributed by atoms with Crippen LogP contribution in [0.25, 0.3) is 10.9 Å². The third-order valence-electron chi connectivity index (χ3n) is 2.61. The second kappa shape index (κ2) is 6.67. The molecule has 1 amide bonds. The number of amides is 1. The Labute approximate surface area is 134 Å². The lowest BCUT2D eigenvalue weighted by Gasteiger charge is -2.18. The minimum atomic E-state index is -0.510. The molecule has 0 saturated carbocycles. The second-order valence-electron chi connectivity index (χ2n) is 5.70. The number of hydrogen-bond acceptors (Lipinski definition) is 3. The van der Waals surface area contributed by atoms with Gasteiger partial charge in [0.05, 0.1) is 12.1 Å². The highest BCUT2D eigenvalue weighted by Crippen LogP contribution is 2.16. The summed E-state index contributed by atoms with van der Waals surface area (Å²) in [6, 6.07) is 9.30. The number of carbonyl (C=O) groups is 1. The molecule has 0 radical (unpaired) electrons. The highest BCUT2D eigenvalue weighted by molar-refractivity contribution is 6.29. The Bertz CT molecular complexity index is 755. The molecule has 5 heteroatoms. The van der Waals surface area contributed by atoms with E-state index in [1.54, 1.807) is 6.07 Å². The van der Waals surface area contributed by atoms with E-state index in [9.17, 15) is 4.79 Å². The molecule has 0 aliphatic carbocycles. The number of fused-ring (bicyclic) bond motifs is 1. The largest absolute Gasteiger partial charge is 0.444 e. The first-order chi connectivity index (χ1) is 10.3. The zero-order chi connectivity index (χ0) is 16.2. The number of carbonyl (C=O) groups excluding carboxylic acids is 1. The van der Waals surface area contributed by atoms with Crippen LogP contribution in [-0.4, -0.2) is 23.2 Å². The second-order valence-corrected chi connectivity index (χ2v) is 6.09. The van der Waals surface area contributed by atoms with E-state index in [4.69, 9.17) is 16.3 Å². The Morgan fingerprint density at radius 3 is 2.82 bits per heavy atom. The van der Waals surface area contributed by atoms with E-state index in [0.29, 0.717) is 5.15 Å². The van der Waals surface area contributed by atoms with Gasteiger partial charge in [0, 0.05) is 10.9 Å². The zero-order valence-electron chi connectivity index (χ0n) is 12.7. The first kappa shape index (κ1) is 16.1. The summed E-state index contributed by atoms with van der Waals surface area (Å²) in [5, 5.41) is 4.02. The molecule has 0 unspecified atom stereocenters. The Kier molecular flexibility index (Phi) is 4.89. The quantitative estimate of drug-likeness (QED) is 0.643. The van der Waals surface area contributed by atoms with Crippen LogP contribution < -0.4 is 5.32 Å². The lowest BCUT2D eigenvalue weighted by atomic mass is 10.1. The van der Waals surface area contributed by atoms with Crippen molar-refractivity contribution < 1.29 is 9.53 Å². The lowest BCUT2D eigenvalue weighted by molar-refractivity contribution is 0.0535. The van der Waals surface area contributed by atoms with E-state index in [0.717, 1.165) is 16.5 Å². The van der Waals surface area contributed by atoms with Gasteiger partial charge < -0.3 is 10.1 Å². The minimum Gasteiger partial charge on any atom is -0.444 e. The Morgan fingerprint density at radius 1 is 1.32 bits per heavy atom. The smallest absolute Gasteiger partial charge is 0.408 e. The predicted molar refractivity (Wildman–Crippen MR) is 87.9 cm³/mol. The predicted octanol–water partition coefficient (Wildman–Crippen LogP) is 3.76. The van der Waals surface area contributed by atoms with E-state index < -0.39 is 11.7 Å². The van der Waals surface area contributed by atoms with Crippen LogP contribution >= 0.6 is 11.6 Å². The van der Waals surface area contributed by atoms with Gasteiger partial charge in [0.2, 0.25) is 0 Å². The van der Waals surface area contributed by atoms with Crippen LogP contribution in [-0.2, 0) is 4.74 Å². The third-order valence-corrected chi connectivity index (χ3v) is 2.82. The van der Waals surface area contributed by atoms with Gasteiger partial charge in [-0.3, -0.25) is 0 Å². The van der Waals surface area contributed by atoms with E-state index in [1.807, 2.05) is 45.0 Å². The van der Waals surface area contributed by atoms with Gasteiger partial charge in [-0.15, -0.1) is 0 Å². The van der Waals surface area contributed by atoms with E-state index >= 15 is 0 Å². The van der Waals surface area contributed by atoms with E-state index in [-0.39, 0.29) is 6.54 Å². The maximum Gasteiger partial charge on any atom is 0.408 e. The molecule has 1 aromatic carbocycles. The zero-order valence-corrected chi connectivity index (χ0v) is 13.5. The number of nitrogens with zero attached hydrogens (tertiary/aromatic N) is 1. The van der Waals surface area contributed by atoms with Gasteiger partial charge >= 0.3 is 6.09 Å². The van der Waals surface area contributed by atoms with Crippen molar-refractivity contribution in [3.63, 3.8) is 0 Å². The fraction of sp³-hybridized carbons (Fsp3) is 0.294. The average molecular weight is 317 g/mol. The average Bonchev–Trinajstić information content (AvgIpc) is 2.41. The first-order valence-corrected chi connectivity index (χ1v) is 7.23. The molecule has 0 atom stereocenters. The van der Waals surface area contributed by atoms with Crippen molar-refractivity contribution in [3.8, 4) is 11.8 Å². The molecule has 0 aliphatic heterocycles. The van der Waals surface area contributed by atoms with Crippen LogP contribution in [0, 0.1) is 11.8 Å². The first-order valence-electron chi connectivity index (χ1n) is 6.85. The summed E-state index contributed by atoms with van der Waals surface area (Å²) in [7, 11) is 0. The van der Waals surface area contributed by atoms with Crippen LogP contribution in [0.3, 0.4) is 0 Å². The lowest BCUT2D eigenvalue weighted by Crippen LogP contribution is -2.32. The number of pyridine rings is 1. The molecule has 1 N–H and O–H groups in total. The molecule has 0 aliphatic rings. The number of rotatable bonds is 1. The maximum atomic E-state index is 11.5. The van der Waals surface area contributed by atoms with Crippen LogP contribution in [0.5, 0.6) is 0 Å². The van der Waals surface area contributed by atoms with Crippen molar-refractivity contribution in [2.45, 2.75) is 26.4 Å². The molecule has 1 heterocycles. The van der Waals surface area contributed by atoms with Crippen LogP contribution in [0.4, 0.5) is 4.79 Å². The third kappa shape index (κ3) is 4.94. The summed E-state index contributed by atoms with van der Waals surface area (Å²) in [6.45, 7) is 5.67.